The van der Waals surface area contributed by atoms with Crippen LogP contribution in [0.3, 0.4) is 0 Å². The van der Waals surface area contributed by atoms with Crippen molar-refractivity contribution in [1.29, 1.82) is 5.26 Å². The van der Waals surface area contributed by atoms with Crippen LogP contribution in [0.4, 0.5) is 5.69 Å². The number of ether oxygens (including phenoxy) is 1. The normalized spacial score (nSPS) is 16.6. The maximum absolute atomic E-state index is 12.4. The van der Waals surface area contributed by atoms with E-state index >= 15 is 0 Å². The van der Waals surface area contributed by atoms with E-state index in [1.807, 2.05) is 18.2 Å². The van der Waals surface area contributed by atoms with Gasteiger partial charge in [0, 0.05) is 42.5 Å². The van der Waals surface area contributed by atoms with E-state index in [4.69, 9.17) is 15.0 Å². The van der Waals surface area contributed by atoms with Gasteiger partial charge in [-0.3, -0.25) is 4.79 Å². The summed E-state index contributed by atoms with van der Waals surface area (Å²) < 4.78 is 5.43. The van der Waals surface area contributed by atoms with E-state index in [-0.39, 0.29) is 5.91 Å². The molecule has 2 heterocycles. The second-order valence-electron chi connectivity index (χ2n) is 8.53. The molecule has 0 bridgehead atoms. The fourth-order valence-electron chi connectivity index (χ4n) is 3.95. The smallest absolute Gasteiger partial charge is 0.252 e. The number of aromatic nitrogens is 2. The second-order valence-corrected chi connectivity index (χ2v) is 8.53. The van der Waals surface area contributed by atoms with E-state index in [0.717, 1.165) is 48.9 Å². The van der Waals surface area contributed by atoms with Gasteiger partial charge in [0.25, 0.3) is 5.91 Å². The van der Waals surface area contributed by atoms with Gasteiger partial charge in [-0.05, 0) is 48.7 Å². The Kier molecular flexibility index (Phi) is 5.76. The van der Waals surface area contributed by atoms with Gasteiger partial charge in [0.15, 0.2) is 0 Å². The minimum atomic E-state index is -0.669. The highest BCUT2D eigenvalue weighted by molar-refractivity contribution is 5.95. The van der Waals surface area contributed by atoms with Crippen LogP contribution in [0.1, 0.15) is 34.6 Å². The lowest BCUT2D eigenvalue weighted by molar-refractivity contribution is 0.0941. The lowest BCUT2D eigenvalue weighted by Crippen LogP contribution is -2.36. The molecule has 0 spiro atoms. The molecule has 1 N–H and O–H groups in total. The zero-order chi connectivity index (χ0) is 22.7. The number of amides is 1. The molecular weight excluding hydrogens is 414 g/mol. The number of anilines is 1. The summed E-state index contributed by atoms with van der Waals surface area (Å²) in [5.74, 6) is 0.530. The molecule has 3 aromatic rings. The topological polar surface area (TPSA) is 91.1 Å². The molecular formula is C26H25N5O2. The Morgan fingerprint density at radius 3 is 2.45 bits per heavy atom. The molecule has 0 atom stereocenters. The predicted molar refractivity (Wildman–Crippen MR) is 125 cm³/mol. The second kappa shape index (κ2) is 9.00. The summed E-state index contributed by atoms with van der Waals surface area (Å²) in [6.07, 6.45) is 3.85. The standard InChI is InChI=1S/C26H25N5O2/c27-18-26(10-11-26)30-25(32)21-5-3-20(4-6-21)23-9-12-28-24(29-23)17-19-1-7-22(8-2-19)31-13-15-33-16-14-31/h1-9,12H,10-11,13-17H2,(H,30,32). The average molecular weight is 440 g/mol. The molecule has 2 aromatic carbocycles. The van der Waals surface area contributed by atoms with Crippen LogP contribution in [0, 0.1) is 11.3 Å². The van der Waals surface area contributed by atoms with Gasteiger partial charge in [-0.1, -0.05) is 24.3 Å². The van der Waals surface area contributed by atoms with Crippen molar-refractivity contribution in [3.63, 3.8) is 0 Å². The molecule has 1 aliphatic carbocycles. The van der Waals surface area contributed by atoms with Gasteiger partial charge in [-0.15, -0.1) is 0 Å². The van der Waals surface area contributed by atoms with Crippen molar-refractivity contribution in [1.82, 2.24) is 15.3 Å². The molecule has 7 heteroatoms. The molecule has 1 aliphatic heterocycles. The Labute approximate surface area is 193 Å². The molecule has 2 fully saturated rings. The molecule has 166 valence electrons. The highest BCUT2D eigenvalue weighted by Crippen LogP contribution is 2.34. The summed E-state index contributed by atoms with van der Waals surface area (Å²) in [6, 6.07) is 19.9. The summed E-state index contributed by atoms with van der Waals surface area (Å²) in [5.41, 5.74) is 3.96. The maximum Gasteiger partial charge on any atom is 0.252 e. The third-order valence-electron chi connectivity index (χ3n) is 6.14. The molecule has 2 aliphatic rings. The molecule has 33 heavy (non-hydrogen) atoms. The van der Waals surface area contributed by atoms with Crippen molar-refractivity contribution in [3.8, 4) is 17.3 Å². The van der Waals surface area contributed by atoms with E-state index in [1.165, 1.54) is 5.69 Å². The SMILES string of the molecule is N#CC1(NC(=O)c2ccc(-c3ccnc(Cc4ccc(N5CCOCC5)cc4)n3)cc2)CC1. The highest BCUT2D eigenvalue weighted by Gasteiger charge is 2.44. The Balaban J connectivity index is 1.25. The third-order valence-corrected chi connectivity index (χ3v) is 6.14. The Morgan fingerprint density at radius 1 is 1.06 bits per heavy atom. The molecule has 1 saturated heterocycles. The fraction of sp³-hybridized carbons (Fsp3) is 0.308. The monoisotopic (exact) mass is 439 g/mol. The molecule has 1 saturated carbocycles. The Hall–Kier alpha value is -3.76. The van der Waals surface area contributed by atoms with Gasteiger partial charge in [-0.2, -0.15) is 5.26 Å². The van der Waals surface area contributed by atoms with Gasteiger partial charge in [0.2, 0.25) is 0 Å². The molecule has 0 unspecified atom stereocenters. The maximum atomic E-state index is 12.4. The van der Waals surface area contributed by atoms with Crippen LogP contribution in [-0.2, 0) is 11.2 Å². The lowest BCUT2D eigenvalue weighted by atomic mass is 10.1. The van der Waals surface area contributed by atoms with Gasteiger partial charge in [0.1, 0.15) is 11.4 Å². The Morgan fingerprint density at radius 2 is 1.79 bits per heavy atom. The van der Waals surface area contributed by atoms with Crippen LogP contribution >= 0.6 is 0 Å². The van der Waals surface area contributed by atoms with Crippen molar-refractivity contribution in [2.24, 2.45) is 0 Å². The number of nitrogens with one attached hydrogen (secondary N) is 1. The zero-order valence-electron chi connectivity index (χ0n) is 18.3. The molecule has 7 nitrogen and oxygen atoms in total. The van der Waals surface area contributed by atoms with Crippen LogP contribution < -0.4 is 10.2 Å². The fourth-order valence-corrected chi connectivity index (χ4v) is 3.95. The van der Waals surface area contributed by atoms with E-state index in [0.29, 0.717) is 24.8 Å². The zero-order valence-corrected chi connectivity index (χ0v) is 18.3. The summed E-state index contributed by atoms with van der Waals surface area (Å²) >= 11 is 0. The first-order valence-corrected chi connectivity index (χ1v) is 11.2. The largest absolute Gasteiger partial charge is 0.378 e. The summed E-state index contributed by atoms with van der Waals surface area (Å²) in [4.78, 5) is 23.9. The number of morpholine rings is 1. The van der Waals surface area contributed by atoms with Crippen LogP contribution in [0.15, 0.2) is 60.8 Å². The number of nitrogens with zero attached hydrogens (tertiary/aromatic N) is 4. The minimum absolute atomic E-state index is 0.218. The van der Waals surface area contributed by atoms with Gasteiger partial charge < -0.3 is 15.0 Å². The van der Waals surface area contributed by atoms with Gasteiger partial charge in [-0.25, -0.2) is 9.97 Å². The number of hydrogen-bond donors (Lipinski definition) is 1. The number of benzene rings is 2. The van der Waals surface area contributed by atoms with Crippen LogP contribution in [0.5, 0.6) is 0 Å². The van der Waals surface area contributed by atoms with E-state index in [2.05, 4.69) is 45.5 Å². The average Bonchev–Trinajstić information content (AvgIpc) is 3.65. The number of carbonyl (C=O) groups is 1. The quantitative estimate of drug-likeness (QED) is 0.633. The van der Waals surface area contributed by atoms with Crippen molar-refractivity contribution in [3.05, 3.63) is 77.7 Å². The Bertz CT molecular complexity index is 1170. The van der Waals surface area contributed by atoms with Crippen LogP contribution in [0.25, 0.3) is 11.3 Å². The van der Waals surface area contributed by atoms with Crippen molar-refractivity contribution in [2.45, 2.75) is 24.8 Å². The predicted octanol–water partition coefficient (Wildman–Crippen LogP) is 3.36. The lowest BCUT2D eigenvalue weighted by Gasteiger charge is -2.28. The first kappa shape index (κ1) is 21.1. The number of carbonyl (C=O) groups excluding carboxylic acids is 1. The first-order chi connectivity index (χ1) is 16.1. The summed E-state index contributed by atoms with van der Waals surface area (Å²) in [7, 11) is 0. The van der Waals surface area contributed by atoms with Gasteiger partial charge >= 0.3 is 0 Å². The van der Waals surface area contributed by atoms with E-state index in [9.17, 15) is 4.79 Å². The van der Waals surface area contributed by atoms with Crippen LogP contribution in [-0.4, -0.2) is 47.7 Å². The van der Waals surface area contributed by atoms with Crippen LogP contribution in [0.2, 0.25) is 0 Å². The van der Waals surface area contributed by atoms with Gasteiger partial charge in [0.05, 0.1) is 25.0 Å². The third kappa shape index (κ3) is 4.86. The summed E-state index contributed by atoms with van der Waals surface area (Å²) in [5, 5.41) is 12.0. The van der Waals surface area contributed by atoms with E-state index < -0.39 is 5.54 Å². The number of hydrogen-bond acceptors (Lipinski definition) is 6. The summed E-state index contributed by atoms with van der Waals surface area (Å²) in [6.45, 7) is 3.39. The van der Waals surface area contributed by atoms with Crippen molar-refractivity contribution in [2.75, 3.05) is 31.2 Å². The van der Waals surface area contributed by atoms with Crippen molar-refractivity contribution >= 4 is 11.6 Å². The molecule has 5 rings (SSSR count). The number of nitriles is 1. The molecule has 0 radical (unpaired) electrons. The highest BCUT2D eigenvalue weighted by atomic mass is 16.5. The molecule has 1 amide bonds. The minimum Gasteiger partial charge on any atom is -0.378 e. The van der Waals surface area contributed by atoms with E-state index in [1.54, 1.807) is 18.3 Å². The van der Waals surface area contributed by atoms with Crippen molar-refractivity contribution < 1.29 is 9.53 Å². The molecule has 1 aromatic heterocycles. The first-order valence-electron chi connectivity index (χ1n) is 11.2. The number of rotatable bonds is 6.